The lowest BCUT2D eigenvalue weighted by atomic mass is 10.2. The van der Waals surface area contributed by atoms with E-state index in [9.17, 15) is 4.79 Å². The molecule has 148 valence electrons. The van der Waals surface area contributed by atoms with Gasteiger partial charge in [-0.05, 0) is 39.0 Å². The molecule has 0 saturated carbocycles. The minimum Gasteiger partial charge on any atom is -0.451 e. The number of aryl methyl sites for hydroxylation is 3. The predicted molar refractivity (Wildman–Crippen MR) is 110 cm³/mol. The molecule has 8 nitrogen and oxygen atoms in total. The standard InChI is InChI=1S/C21H22N6O2/c1-13-10-14(2)27(26-13)20-12-19(24-15(3)25-20)22-8-9-23-21(28)18-11-16-6-4-5-7-17(16)29-18/h4-7,10-12H,8-9H2,1-3H3,(H,23,28)(H,22,24,25). The fourth-order valence-corrected chi connectivity index (χ4v) is 3.16. The van der Waals surface area contributed by atoms with Crippen molar-refractivity contribution in [3.05, 3.63) is 65.4 Å². The second-order valence-corrected chi connectivity index (χ2v) is 6.83. The van der Waals surface area contributed by atoms with Crippen LogP contribution in [0.2, 0.25) is 0 Å². The summed E-state index contributed by atoms with van der Waals surface area (Å²) < 4.78 is 7.37. The van der Waals surface area contributed by atoms with E-state index >= 15 is 0 Å². The van der Waals surface area contributed by atoms with Crippen LogP contribution < -0.4 is 10.6 Å². The SMILES string of the molecule is Cc1cc(C)n(-c2cc(NCCNC(=O)c3cc4ccccc4o3)nc(C)n2)n1. The van der Waals surface area contributed by atoms with E-state index in [1.807, 2.05) is 57.2 Å². The van der Waals surface area contributed by atoms with Gasteiger partial charge in [-0.15, -0.1) is 0 Å². The van der Waals surface area contributed by atoms with E-state index < -0.39 is 0 Å². The second kappa shape index (κ2) is 7.75. The van der Waals surface area contributed by atoms with Crippen molar-refractivity contribution < 1.29 is 9.21 Å². The highest BCUT2D eigenvalue weighted by Gasteiger charge is 2.12. The maximum atomic E-state index is 12.3. The summed E-state index contributed by atoms with van der Waals surface area (Å²) in [6, 6.07) is 13.1. The van der Waals surface area contributed by atoms with Crippen LogP contribution in [0.3, 0.4) is 0 Å². The Balaban J connectivity index is 1.37. The molecule has 8 heteroatoms. The molecule has 0 aliphatic heterocycles. The van der Waals surface area contributed by atoms with Crippen LogP contribution in [0.1, 0.15) is 27.8 Å². The molecule has 0 atom stereocenters. The first-order valence-corrected chi connectivity index (χ1v) is 9.39. The fourth-order valence-electron chi connectivity index (χ4n) is 3.16. The lowest BCUT2D eigenvalue weighted by molar-refractivity contribution is 0.0929. The van der Waals surface area contributed by atoms with Crippen LogP contribution in [0.4, 0.5) is 5.82 Å². The monoisotopic (exact) mass is 390 g/mol. The molecular formula is C21H22N6O2. The van der Waals surface area contributed by atoms with Crippen LogP contribution in [-0.2, 0) is 0 Å². The molecule has 4 aromatic rings. The van der Waals surface area contributed by atoms with Crippen LogP contribution in [0, 0.1) is 20.8 Å². The van der Waals surface area contributed by atoms with Crippen molar-refractivity contribution >= 4 is 22.7 Å². The van der Waals surface area contributed by atoms with Gasteiger partial charge in [0, 0.05) is 30.2 Å². The quantitative estimate of drug-likeness (QED) is 0.491. The van der Waals surface area contributed by atoms with E-state index in [-0.39, 0.29) is 5.91 Å². The van der Waals surface area contributed by atoms with Gasteiger partial charge in [0.1, 0.15) is 17.2 Å². The number of fused-ring (bicyclic) bond motifs is 1. The molecule has 4 rings (SSSR count). The van der Waals surface area contributed by atoms with E-state index in [0.717, 1.165) is 16.8 Å². The molecular weight excluding hydrogens is 368 g/mol. The number of carbonyl (C=O) groups excluding carboxylic acids is 1. The first kappa shape index (κ1) is 18.7. The first-order valence-electron chi connectivity index (χ1n) is 9.39. The van der Waals surface area contributed by atoms with Gasteiger partial charge in [0.2, 0.25) is 0 Å². The molecule has 3 aromatic heterocycles. The van der Waals surface area contributed by atoms with E-state index in [1.165, 1.54) is 0 Å². The number of aromatic nitrogens is 4. The van der Waals surface area contributed by atoms with Gasteiger partial charge in [0.05, 0.1) is 5.69 Å². The summed E-state index contributed by atoms with van der Waals surface area (Å²) in [4.78, 5) is 21.2. The maximum absolute atomic E-state index is 12.3. The lowest BCUT2D eigenvalue weighted by Crippen LogP contribution is -2.28. The summed E-state index contributed by atoms with van der Waals surface area (Å²) in [7, 11) is 0. The number of carbonyl (C=O) groups is 1. The van der Waals surface area contributed by atoms with E-state index in [4.69, 9.17) is 4.42 Å². The molecule has 0 aliphatic rings. The summed E-state index contributed by atoms with van der Waals surface area (Å²) in [5.74, 6) is 2.08. The first-order chi connectivity index (χ1) is 14.0. The van der Waals surface area contributed by atoms with Crippen LogP contribution in [0.15, 0.2) is 46.9 Å². The molecule has 0 radical (unpaired) electrons. The van der Waals surface area contributed by atoms with Gasteiger partial charge in [0.15, 0.2) is 11.6 Å². The number of hydrogen-bond acceptors (Lipinski definition) is 6. The summed E-state index contributed by atoms with van der Waals surface area (Å²) in [6.45, 7) is 6.70. The van der Waals surface area contributed by atoms with Gasteiger partial charge in [-0.3, -0.25) is 4.79 Å². The van der Waals surface area contributed by atoms with E-state index in [2.05, 4.69) is 25.7 Å². The van der Waals surface area contributed by atoms with Crippen LogP contribution in [0.25, 0.3) is 16.8 Å². The minimum absolute atomic E-state index is 0.245. The normalized spacial score (nSPS) is 11.0. The number of para-hydroxylation sites is 1. The van der Waals surface area contributed by atoms with E-state index in [0.29, 0.717) is 41.9 Å². The molecule has 0 aliphatic carbocycles. The van der Waals surface area contributed by atoms with Gasteiger partial charge >= 0.3 is 0 Å². The molecule has 0 fully saturated rings. The molecule has 29 heavy (non-hydrogen) atoms. The zero-order valence-electron chi connectivity index (χ0n) is 16.6. The van der Waals surface area contributed by atoms with Crippen LogP contribution >= 0.6 is 0 Å². The molecule has 1 amide bonds. The zero-order valence-corrected chi connectivity index (χ0v) is 16.6. The number of benzene rings is 1. The lowest BCUT2D eigenvalue weighted by Gasteiger charge is -2.10. The third kappa shape index (κ3) is 4.11. The van der Waals surface area contributed by atoms with Crippen molar-refractivity contribution in [1.29, 1.82) is 0 Å². The van der Waals surface area contributed by atoms with Gasteiger partial charge in [-0.1, -0.05) is 18.2 Å². The maximum Gasteiger partial charge on any atom is 0.287 e. The van der Waals surface area contributed by atoms with Crippen molar-refractivity contribution in [1.82, 2.24) is 25.1 Å². The van der Waals surface area contributed by atoms with Gasteiger partial charge in [-0.25, -0.2) is 14.6 Å². The number of nitrogens with zero attached hydrogens (tertiary/aromatic N) is 4. The Hall–Kier alpha value is -3.68. The van der Waals surface area contributed by atoms with Gasteiger partial charge < -0.3 is 15.1 Å². The highest BCUT2D eigenvalue weighted by Crippen LogP contribution is 2.18. The largest absolute Gasteiger partial charge is 0.451 e. The zero-order chi connectivity index (χ0) is 20.4. The van der Waals surface area contributed by atoms with E-state index in [1.54, 1.807) is 10.7 Å². The number of hydrogen-bond donors (Lipinski definition) is 2. The Morgan fingerprint density at radius 2 is 1.90 bits per heavy atom. The molecule has 3 heterocycles. The fraction of sp³-hybridized carbons (Fsp3) is 0.238. The number of nitrogens with one attached hydrogen (secondary N) is 2. The number of anilines is 1. The smallest absolute Gasteiger partial charge is 0.287 e. The topological polar surface area (TPSA) is 97.9 Å². The van der Waals surface area contributed by atoms with Crippen molar-refractivity contribution in [2.24, 2.45) is 0 Å². The molecule has 1 aromatic carbocycles. The average molecular weight is 390 g/mol. The predicted octanol–water partition coefficient (Wildman–Crippen LogP) is 3.18. The average Bonchev–Trinajstić information content (AvgIpc) is 3.27. The van der Waals surface area contributed by atoms with Crippen molar-refractivity contribution in [3.8, 4) is 5.82 Å². The Labute approximate surface area is 168 Å². The molecule has 0 unspecified atom stereocenters. The summed E-state index contributed by atoms with van der Waals surface area (Å²) in [5.41, 5.74) is 2.63. The molecule has 0 saturated heterocycles. The van der Waals surface area contributed by atoms with Crippen LogP contribution in [-0.4, -0.2) is 38.7 Å². The Morgan fingerprint density at radius 1 is 1.07 bits per heavy atom. The number of furan rings is 1. The van der Waals surface area contributed by atoms with Gasteiger partial charge in [-0.2, -0.15) is 5.10 Å². The second-order valence-electron chi connectivity index (χ2n) is 6.83. The van der Waals surface area contributed by atoms with Crippen molar-refractivity contribution in [3.63, 3.8) is 0 Å². The minimum atomic E-state index is -0.245. The number of amides is 1. The molecule has 0 spiro atoms. The Morgan fingerprint density at radius 3 is 2.66 bits per heavy atom. The van der Waals surface area contributed by atoms with Crippen molar-refractivity contribution in [2.75, 3.05) is 18.4 Å². The highest BCUT2D eigenvalue weighted by atomic mass is 16.3. The summed E-state index contributed by atoms with van der Waals surface area (Å²) in [6.07, 6.45) is 0. The molecule has 2 N–H and O–H groups in total. The third-order valence-corrected chi connectivity index (χ3v) is 4.42. The highest BCUT2D eigenvalue weighted by molar-refractivity contribution is 5.96. The third-order valence-electron chi connectivity index (χ3n) is 4.42. The number of rotatable bonds is 6. The summed E-state index contributed by atoms with van der Waals surface area (Å²) >= 11 is 0. The Bertz CT molecular complexity index is 1140. The summed E-state index contributed by atoms with van der Waals surface area (Å²) in [5, 5.41) is 11.4. The van der Waals surface area contributed by atoms with Crippen molar-refractivity contribution in [2.45, 2.75) is 20.8 Å². The van der Waals surface area contributed by atoms with Gasteiger partial charge in [0.25, 0.3) is 5.91 Å². The van der Waals surface area contributed by atoms with Crippen LogP contribution in [0.5, 0.6) is 0 Å². The Kier molecular flexibility index (Phi) is 4.99. The molecule has 0 bridgehead atoms.